The maximum Gasteiger partial charge on any atom is 0.224 e. The molecule has 2 aromatic rings. The van der Waals surface area contributed by atoms with Gasteiger partial charge in [-0.15, -0.1) is 0 Å². The van der Waals surface area contributed by atoms with Gasteiger partial charge in [0.25, 0.3) is 0 Å². The van der Waals surface area contributed by atoms with E-state index in [0.717, 1.165) is 23.7 Å². The Kier molecular flexibility index (Phi) is 3.11. The lowest BCUT2D eigenvalue weighted by Gasteiger charge is -2.24. The molecular formula is C14H18N4O. The third kappa shape index (κ3) is 2.54. The van der Waals surface area contributed by atoms with Crippen LogP contribution in [0.1, 0.15) is 24.2 Å². The summed E-state index contributed by atoms with van der Waals surface area (Å²) >= 11 is 0. The van der Waals surface area contributed by atoms with Gasteiger partial charge in [0.1, 0.15) is 11.6 Å². The number of nitrogens with zero attached hydrogens (tertiary/aromatic N) is 3. The molecule has 0 bridgehead atoms. The first kappa shape index (κ1) is 12.0. The lowest BCUT2D eigenvalue weighted by atomic mass is 10.3. The number of aromatic nitrogens is 2. The van der Waals surface area contributed by atoms with Crippen molar-refractivity contribution in [2.24, 2.45) is 0 Å². The molecule has 19 heavy (non-hydrogen) atoms. The highest BCUT2D eigenvalue weighted by Crippen LogP contribution is 2.33. The molecule has 0 radical (unpaired) electrons. The minimum atomic E-state index is 0.573. The Hall–Kier alpha value is -2.04. The van der Waals surface area contributed by atoms with Crippen LogP contribution in [0.25, 0.3) is 0 Å². The maximum atomic E-state index is 5.46. The van der Waals surface area contributed by atoms with Gasteiger partial charge >= 0.3 is 0 Å². The molecule has 0 atom stereocenters. The lowest BCUT2D eigenvalue weighted by molar-refractivity contribution is 0.500. The van der Waals surface area contributed by atoms with Crippen LogP contribution in [0, 0.1) is 6.92 Å². The average molecular weight is 258 g/mol. The fourth-order valence-electron chi connectivity index (χ4n) is 2.18. The standard InChI is InChI=1S/C14H18N4O/c1-10-8-16-14(15-2)17-13(10)18(11-5-6-11)9-12-4-3-7-19-12/h3-4,7-8,11H,5-6,9H2,1-2H3,(H,15,16,17). The predicted octanol–water partition coefficient (Wildman–Crippen LogP) is 2.59. The van der Waals surface area contributed by atoms with Crippen LogP contribution in [0.4, 0.5) is 11.8 Å². The van der Waals surface area contributed by atoms with Gasteiger partial charge < -0.3 is 14.6 Å². The monoisotopic (exact) mass is 258 g/mol. The number of nitrogens with one attached hydrogen (secondary N) is 1. The molecular weight excluding hydrogens is 240 g/mol. The van der Waals surface area contributed by atoms with Crippen LogP contribution in [0.5, 0.6) is 0 Å². The van der Waals surface area contributed by atoms with Gasteiger partial charge in [-0.2, -0.15) is 4.98 Å². The topological polar surface area (TPSA) is 54.2 Å². The average Bonchev–Trinajstić information content (AvgIpc) is 3.14. The first-order valence-electron chi connectivity index (χ1n) is 6.58. The number of anilines is 2. The Bertz CT molecular complexity index is 549. The molecule has 1 aliphatic rings. The molecule has 5 heteroatoms. The highest BCUT2D eigenvalue weighted by molar-refractivity contribution is 5.50. The number of rotatable bonds is 5. The highest BCUT2D eigenvalue weighted by Gasteiger charge is 2.31. The van der Waals surface area contributed by atoms with Crippen molar-refractivity contribution in [2.45, 2.75) is 32.4 Å². The van der Waals surface area contributed by atoms with Crippen molar-refractivity contribution in [2.75, 3.05) is 17.3 Å². The molecule has 0 saturated heterocycles. The van der Waals surface area contributed by atoms with Crippen LogP contribution in [0.3, 0.4) is 0 Å². The van der Waals surface area contributed by atoms with Gasteiger partial charge in [-0.3, -0.25) is 0 Å². The second-order valence-electron chi connectivity index (χ2n) is 4.89. The van der Waals surface area contributed by atoms with Gasteiger partial charge in [0.15, 0.2) is 0 Å². The van der Waals surface area contributed by atoms with Gasteiger partial charge in [-0.05, 0) is 31.9 Å². The molecule has 5 nitrogen and oxygen atoms in total. The largest absolute Gasteiger partial charge is 0.467 e. The fraction of sp³-hybridized carbons (Fsp3) is 0.429. The SMILES string of the molecule is CNc1ncc(C)c(N(Cc2ccco2)C2CC2)n1. The number of hydrogen-bond acceptors (Lipinski definition) is 5. The zero-order valence-electron chi connectivity index (χ0n) is 11.3. The summed E-state index contributed by atoms with van der Waals surface area (Å²) in [5.74, 6) is 2.62. The zero-order valence-corrected chi connectivity index (χ0v) is 11.3. The number of furan rings is 1. The summed E-state index contributed by atoms with van der Waals surface area (Å²) in [5, 5.41) is 3.00. The zero-order chi connectivity index (χ0) is 13.2. The van der Waals surface area contributed by atoms with Gasteiger partial charge in [0.2, 0.25) is 5.95 Å². The summed E-state index contributed by atoms with van der Waals surface area (Å²) in [7, 11) is 1.84. The van der Waals surface area contributed by atoms with Crippen LogP contribution in [-0.2, 0) is 6.54 Å². The van der Waals surface area contributed by atoms with Crippen LogP contribution >= 0.6 is 0 Å². The van der Waals surface area contributed by atoms with E-state index in [-0.39, 0.29) is 0 Å². The van der Waals surface area contributed by atoms with E-state index < -0.39 is 0 Å². The molecule has 1 fully saturated rings. The first-order valence-corrected chi connectivity index (χ1v) is 6.58. The van der Waals surface area contributed by atoms with Gasteiger partial charge in [0.05, 0.1) is 12.8 Å². The molecule has 0 aromatic carbocycles. The summed E-state index contributed by atoms with van der Waals surface area (Å²) in [6, 6.07) is 4.50. The van der Waals surface area contributed by atoms with Crippen molar-refractivity contribution in [1.29, 1.82) is 0 Å². The Morgan fingerprint density at radius 1 is 1.47 bits per heavy atom. The van der Waals surface area contributed by atoms with Crippen molar-refractivity contribution in [3.05, 3.63) is 35.9 Å². The van der Waals surface area contributed by atoms with Crippen LogP contribution in [0.15, 0.2) is 29.0 Å². The molecule has 2 heterocycles. The summed E-state index contributed by atoms with van der Waals surface area (Å²) in [6.45, 7) is 2.81. The normalized spacial score (nSPS) is 14.4. The van der Waals surface area contributed by atoms with Crippen molar-refractivity contribution >= 4 is 11.8 Å². The molecule has 1 aliphatic carbocycles. The first-order chi connectivity index (χ1) is 9.28. The van der Waals surface area contributed by atoms with Crippen molar-refractivity contribution < 1.29 is 4.42 Å². The number of hydrogen-bond donors (Lipinski definition) is 1. The molecule has 100 valence electrons. The Labute approximate surface area is 112 Å². The van der Waals surface area contributed by atoms with E-state index in [4.69, 9.17) is 4.42 Å². The third-order valence-electron chi connectivity index (χ3n) is 3.33. The fourth-order valence-corrected chi connectivity index (χ4v) is 2.18. The van der Waals surface area contributed by atoms with Gasteiger partial charge in [0, 0.05) is 24.8 Å². The molecule has 1 N–H and O–H groups in total. The summed E-state index contributed by atoms with van der Waals surface area (Å²) in [4.78, 5) is 11.2. The maximum absolute atomic E-state index is 5.46. The van der Waals surface area contributed by atoms with Crippen LogP contribution < -0.4 is 10.2 Å². The summed E-state index contributed by atoms with van der Waals surface area (Å²) in [6.07, 6.45) is 6.02. The van der Waals surface area contributed by atoms with E-state index in [1.54, 1.807) is 6.26 Å². The molecule has 3 rings (SSSR count). The predicted molar refractivity (Wildman–Crippen MR) is 74.2 cm³/mol. The van der Waals surface area contributed by atoms with E-state index in [2.05, 4.69) is 20.2 Å². The second kappa shape index (κ2) is 4.91. The summed E-state index contributed by atoms with van der Waals surface area (Å²) < 4.78 is 5.46. The van der Waals surface area contributed by atoms with Gasteiger partial charge in [-0.1, -0.05) is 0 Å². The molecule has 2 aromatic heterocycles. The van der Waals surface area contributed by atoms with Crippen molar-refractivity contribution in [3.8, 4) is 0 Å². The quantitative estimate of drug-likeness (QED) is 0.893. The Balaban J connectivity index is 1.91. The minimum Gasteiger partial charge on any atom is -0.467 e. The molecule has 0 spiro atoms. The van der Waals surface area contributed by atoms with Crippen molar-refractivity contribution in [3.63, 3.8) is 0 Å². The smallest absolute Gasteiger partial charge is 0.224 e. The highest BCUT2D eigenvalue weighted by atomic mass is 16.3. The summed E-state index contributed by atoms with van der Waals surface area (Å²) in [5.41, 5.74) is 1.09. The molecule has 0 aliphatic heterocycles. The third-order valence-corrected chi connectivity index (χ3v) is 3.33. The van der Waals surface area contributed by atoms with E-state index in [0.29, 0.717) is 12.0 Å². The van der Waals surface area contributed by atoms with E-state index in [9.17, 15) is 0 Å². The van der Waals surface area contributed by atoms with E-state index in [1.807, 2.05) is 32.3 Å². The van der Waals surface area contributed by atoms with Gasteiger partial charge in [-0.25, -0.2) is 4.98 Å². The van der Waals surface area contributed by atoms with Crippen LogP contribution in [0.2, 0.25) is 0 Å². The van der Waals surface area contributed by atoms with E-state index in [1.165, 1.54) is 12.8 Å². The molecule has 0 amide bonds. The number of aryl methyl sites for hydroxylation is 1. The minimum absolute atomic E-state index is 0.573. The molecule has 1 saturated carbocycles. The lowest BCUT2D eigenvalue weighted by Crippen LogP contribution is -2.27. The Morgan fingerprint density at radius 3 is 2.95 bits per heavy atom. The molecule has 0 unspecified atom stereocenters. The Morgan fingerprint density at radius 2 is 2.32 bits per heavy atom. The van der Waals surface area contributed by atoms with Crippen LogP contribution in [-0.4, -0.2) is 23.1 Å². The second-order valence-corrected chi connectivity index (χ2v) is 4.89. The van der Waals surface area contributed by atoms with Crippen molar-refractivity contribution in [1.82, 2.24) is 9.97 Å². The van der Waals surface area contributed by atoms with E-state index >= 15 is 0 Å².